The normalized spacial score (nSPS) is 29.0. The van der Waals surface area contributed by atoms with E-state index in [0.29, 0.717) is 18.3 Å². The minimum Gasteiger partial charge on any atom is -0.380 e. The summed E-state index contributed by atoms with van der Waals surface area (Å²) in [6.07, 6.45) is 1.85. The third-order valence-corrected chi connectivity index (χ3v) is 3.47. The summed E-state index contributed by atoms with van der Waals surface area (Å²) in [5.74, 6) is 0.727. The van der Waals surface area contributed by atoms with Crippen LogP contribution in [0.25, 0.3) is 0 Å². The zero-order chi connectivity index (χ0) is 12.3. The Bertz CT molecular complexity index is 294. The Hall–Kier alpha value is -0.630. The summed E-state index contributed by atoms with van der Waals surface area (Å²) in [6, 6.07) is 0. The molecule has 1 fully saturated rings. The van der Waals surface area contributed by atoms with Crippen molar-refractivity contribution in [3.63, 3.8) is 0 Å². The van der Waals surface area contributed by atoms with Crippen LogP contribution in [0.15, 0.2) is 11.1 Å². The third-order valence-electron chi connectivity index (χ3n) is 3.47. The minimum atomic E-state index is -0.163. The van der Waals surface area contributed by atoms with Crippen molar-refractivity contribution in [2.45, 2.75) is 47.5 Å². The molecule has 0 aromatic heterocycles. The molecule has 1 atom stereocenters. The highest BCUT2D eigenvalue weighted by Gasteiger charge is 2.48. The number of rotatable bonds is 1. The van der Waals surface area contributed by atoms with Crippen LogP contribution in [0, 0.1) is 11.3 Å². The first-order valence-electron chi connectivity index (χ1n) is 6.39. The van der Waals surface area contributed by atoms with E-state index in [1.165, 1.54) is 5.57 Å². The number of carbonyl (C=O) groups is 1. The van der Waals surface area contributed by atoms with E-state index in [4.69, 9.17) is 4.74 Å². The molecule has 0 saturated carbocycles. The summed E-state index contributed by atoms with van der Waals surface area (Å²) in [5, 5.41) is 0. The number of carbonyl (C=O) groups excluding carboxylic acids is 1. The zero-order valence-corrected chi connectivity index (χ0v) is 11.2. The molecule has 16 heavy (non-hydrogen) atoms. The molecule has 1 unspecified atom stereocenters. The fraction of sp³-hybridized carbons (Fsp3) is 0.786. The van der Waals surface area contributed by atoms with Crippen molar-refractivity contribution in [2.75, 3.05) is 13.2 Å². The lowest BCUT2D eigenvalue weighted by Crippen LogP contribution is -2.29. The SMILES string of the molecule is CC.CC1=C(C(C)C)C(=O)C2(CCOC2)C1. The van der Waals surface area contributed by atoms with Crippen LogP contribution in [0.2, 0.25) is 0 Å². The number of ether oxygens (including phenoxy) is 1. The Balaban J connectivity index is 0.000000606. The second kappa shape index (κ2) is 5.13. The predicted molar refractivity (Wildman–Crippen MR) is 66.4 cm³/mol. The Morgan fingerprint density at radius 1 is 1.31 bits per heavy atom. The van der Waals surface area contributed by atoms with Gasteiger partial charge in [-0.05, 0) is 31.3 Å². The highest BCUT2D eigenvalue weighted by atomic mass is 16.5. The molecular weight excluding hydrogens is 200 g/mol. The van der Waals surface area contributed by atoms with Crippen LogP contribution in [0.5, 0.6) is 0 Å². The van der Waals surface area contributed by atoms with E-state index in [1.54, 1.807) is 0 Å². The van der Waals surface area contributed by atoms with Gasteiger partial charge >= 0.3 is 0 Å². The first-order chi connectivity index (χ1) is 7.57. The van der Waals surface area contributed by atoms with Gasteiger partial charge in [-0.3, -0.25) is 4.79 Å². The van der Waals surface area contributed by atoms with Gasteiger partial charge in [0.05, 0.1) is 12.0 Å². The molecule has 2 aliphatic rings. The monoisotopic (exact) mass is 224 g/mol. The van der Waals surface area contributed by atoms with Crippen molar-refractivity contribution in [1.29, 1.82) is 0 Å². The highest BCUT2D eigenvalue weighted by molar-refractivity contribution is 6.03. The van der Waals surface area contributed by atoms with Crippen LogP contribution in [0.1, 0.15) is 47.5 Å². The van der Waals surface area contributed by atoms with Crippen molar-refractivity contribution in [3.8, 4) is 0 Å². The average molecular weight is 224 g/mol. The van der Waals surface area contributed by atoms with Gasteiger partial charge in [0.15, 0.2) is 5.78 Å². The van der Waals surface area contributed by atoms with Crippen LogP contribution in [-0.4, -0.2) is 19.0 Å². The first kappa shape index (κ1) is 13.4. The van der Waals surface area contributed by atoms with Gasteiger partial charge in [-0.15, -0.1) is 0 Å². The number of Topliss-reactive ketones (excluding diaryl/α,β-unsaturated/α-hetero) is 1. The fourth-order valence-electron chi connectivity index (χ4n) is 2.84. The van der Waals surface area contributed by atoms with Gasteiger partial charge in [0.25, 0.3) is 0 Å². The van der Waals surface area contributed by atoms with Crippen molar-refractivity contribution in [3.05, 3.63) is 11.1 Å². The third kappa shape index (κ3) is 2.08. The molecule has 2 rings (SSSR count). The predicted octanol–water partition coefficient (Wildman–Crippen LogP) is 3.36. The topological polar surface area (TPSA) is 26.3 Å². The van der Waals surface area contributed by atoms with Crippen molar-refractivity contribution in [1.82, 2.24) is 0 Å². The van der Waals surface area contributed by atoms with E-state index < -0.39 is 0 Å². The van der Waals surface area contributed by atoms with E-state index in [0.717, 1.165) is 25.0 Å². The molecule has 2 nitrogen and oxygen atoms in total. The largest absolute Gasteiger partial charge is 0.380 e. The standard InChI is InChI=1S/C12H18O2.C2H6/c1-8(2)10-9(3)6-12(11(10)13)4-5-14-7-12;1-2/h8H,4-7H2,1-3H3;1-2H3. The molecule has 0 amide bonds. The van der Waals surface area contributed by atoms with Gasteiger partial charge in [-0.1, -0.05) is 33.3 Å². The van der Waals surface area contributed by atoms with Gasteiger partial charge in [-0.2, -0.15) is 0 Å². The number of allylic oxidation sites excluding steroid dienone is 2. The van der Waals surface area contributed by atoms with Crippen LogP contribution in [-0.2, 0) is 9.53 Å². The second-order valence-electron chi connectivity index (χ2n) is 4.94. The highest BCUT2D eigenvalue weighted by Crippen LogP contribution is 2.46. The molecule has 1 aliphatic carbocycles. The molecule has 1 spiro atoms. The number of hydrogen-bond acceptors (Lipinski definition) is 2. The van der Waals surface area contributed by atoms with E-state index in [9.17, 15) is 4.79 Å². The van der Waals surface area contributed by atoms with E-state index in [1.807, 2.05) is 13.8 Å². The maximum absolute atomic E-state index is 12.2. The summed E-state index contributed by atoms with van der Waals surface area (Å²) in [4.78, 5) is 12.2. The van der Waals surface area contributed by atoms with Gasteiger partial charge in [0.1, 0.15) is 0 Å². The van der Waals surface area contributed by atoms with Crippen molar-refractivity contribution < 1.29 is 9.53 Å². The molecule has 0 N–H and O–H groups in total. The molecule has 1 saturated heterocycles. The fourth-order valence-corrected chi connectivity index (χ4v) is 2.84. The van der Waals surface area contributed by atoms with Gasteiger partial charge in [0, 0.05) is 6.61 Å². The van der Waals surface area contributed by atoms with Gasteiger partial charge in [-0.25, -0.2) is 0 Å². The van der Waals surface area contributed by atoms with Crippen LogP contribution in [0.4, 0.5) is 0 Å². The summed E-state index contributed by atoms with van der Waals surface area (Å²) < 4.78 is 5.38. The lowest BCUT2D eigenvalue weighted by atomic mass is 9.81. The molecule has 0 bridgehead atoms. The molecule has 0 aromatic carbocycles. The molecule has 0 radical (unpaired) electrons. The summed E-state index contributed by atoms with van der Waals surface area (Å²) in [7, 11) is 0. The Morgan fingerprint density at radius 3 is 2.31 bits per heavy atom. The van der Waals surface area contributed by atoms with Gasteiger partial charge in [0.2, 0.25) is 0 Å². The molecule has 1 aliphatic heterocycles. The Labute approximate surface area is 99.1 Å². The van der Waals surface area contributed by atoms with E-state index >= 15 is 0 Å². The number of hydrogen-bond donors (Lipinski definition) is 0. The van der Waals surface area contributed by atoms with Crippen LogP contribution >= 0.6 is 0 Å². The number of ketones is 1. The summed E-state index contributed by atoms with van der Waals surface area (Å²) >= 11 is 0. The quantitative estimate of drug-likeness (QED) is 0.682. The maximum Gasteiger partial charge on any atom is 0.167 e. The molecule has 92 valence electrons. The van der Waals surface area contributed by atoms with E-state index in [-0.39, 0.29) is 5.41 Å². The van der Waals surface area contributed by atoms with Crippen LogP contribution in [0.3, 0.4) is 0 Å². The van der Waals surface area contributed by atoms with Gasteiger partial charge < -0.3 is 4.74 Å². The first-order valence-corrected chi connectivity index (χ1v) is 6.39. The Kier molecular flexibility index (Phi) is 4.31. The van der Waals surface area contributed by atoms with Crippen LogP contribution < -0.4 is 0 Å². The average Bonchev–Trinajstić information content (AvgIpc) is 2.78. The zero-order valence-electron chi connectivity index (χ0n) is 11.2. The summed E-state index contributed by atoms with van der Waals surface area (Å²) in [6.45, 7) is 11.7. The van der Waals surface area contributed by atoms with Crippen molar-refractivity contribution >= 4 is 5.78 Å². The van der Waals surface area contributed by atoms with Crippen molar-refractivity contribution in [2.24, 2.45) is 11.3 Å². The molecular formula is C14H24O2. The lowest BCUT2D eigenvalue weighted by molar-refractivity contribution is -0.124. The maximum atomic E-state index is 12.2. The smallest absolute Gasteiger partial charge is 0.167 e. The lowest BCUT2D eigenvalue weighted by Gasteiger charge is -2.19. The molecule has 2 heteroatoms. The summed E-state index contributed by atoms with van der Waals surface area (Å²) in [5.41, 5.74) is 2.19. The molecule has 0 aromatic rings. The molecule has 1 heterocycles. The Morgan fingerprint density at radius 2 is 1.94 bits per heavy atom. The van der Waals surface area contributed by atoms with E-state index in [2.05, 4.69) is 20.8 Å². The minimum absolute atomic E-state index is 0.163. The second-order valence-corrected chi connectivity index (χ2v) is 4.94.